The number of para-hydroxylation sites is 1. The zero-order valence-electron chi connectivity index (χ0n) is 10.3. The maximum atomic E-state index is 5.84. The molecule has 2 rings (SSSR count). The summed E-state index contributed by atoms with van der Waals surface area (Å²) in [5.74, 6) is 0.506. The van der Waals surface area contributed by atoms with Crippen molar-refractivity contribution in [2.75, 3.05) is 10.8 Å². The first-order valence-corrected chi connectivity index (χ1v) is 6.43. The maximum absolute atomic E-state index is 5.84. The molecule has 2 atom stereocenters. The Balaban J connectivity index is 2.18. The molecule has 0 aliphatic carbocycles. The summed E-state index contributed by atoms with van der Waals surface area (Å²) in [7, 11) is 0. The minimum absolute atomic E-state index is 0.0279. The molecule has 2 nitrogen and oxygen atoms in total. The topological polar surface area (TPSA) is 12.5 Å². The number of ether oxygens (including phenoxy) is 1. The zero-order chi connectivity index (χ0) is 12.4. The number of allylic oxidation sites excluding steroid dienone is 1. The zero-order valence-corrected chi connectivity index (χ0v) is 11.1. The van der Waals surface area contributed by atoms with Gasteiger partial charge in [-0.1, -0.05) is 24.8 Å². The second-order valence-corrected chi connectivity index (χ2v) is 4.75. The number of benzene rings is 1. The molecule has 17 heavy (non-hydrogen) atoms. The lowest BCUT2D eigenvalue weighted by Gasteiger charge is -2.30. The Morgan fingerprint density at radius 2 is 2.12 bits per heavy atom. The number of anilines is 1. The molecular weight excluding hydrogens is 234 g/mol. The second kappa shape index (κ2) is 5.11. The summed E-state index contributed by atoms with van der Waals surface area (Å²) in [5.41, 5.74) is 3.60. The highest BCUT2D eigenvalue weighted by molar-refractivity contribution is 6.18. The van der Waals surface area contributed by atoms with E-state index in [4.69, 9.17) is 16.3 Å². The molecule has 1 aromatic rings. The summed E-state index contributed by atoms with van der Waals surface area (Å²) < 4.78 is 5.84. The van der Waals surface area contributed by atoms with Crippen molar-refractivity contribution >= 4 is 17.3 Å². The molecule has 0 radical (unpaired) electrons. The highest BCUT2D eigenvalue weighted by Crippen LogP contribution is 2.35. The Hall–Kier alpha value is -0.990. The first-order valence-electron chi connectivity index (χ1n) is 5.90. The number of alkyl halides is 1. The van der Waals surface area contributed by atoms with Gasteiger partial charge in [-0.15, -0.1) is 11.6 Å². The lowest BCUT2D eigenvalue weighted by molar-refractivity contribution is 0.0233. The van der Waals surface area contributed by atoms with Gasteiger partial charge in [0.2, 0.25) is 0 Å². The summed E-state index contributed by atoms with van der Waals surface area (Å²) in [6, 6.07) is 8.35. The van der Waals surface area contributed by atoms with Crippen LogP contribution >= 0.6 is 11.6 Å². The Morgan fingerprint density at radius 1 is 1.41 bits per heavy atom. The maximum Gasteiger partial charge on any atom is 0.131 e. The molecule has 0 N–H and O–H groups in total. The van der Waals surface area contributed by atoms with Gasteiger partial charge in [0.25, 0.3) is 0 Å². The van der Waals surface area contributed by atoms with E-state index in [9.17, 15) is 0 Å². The van der Waals surface area contributed by atoms with Gasteiger partial charge in [0, 0.05) is 23.7 Å². The molecule has 0 saturated heterocycles. The average Bonchev–Trinajstić information content (AvgIpc) is 2.64. The third kappa shape index (κ3) is 2.48. The van der Waals surface area contributed by atoms with Crippen LogP contribution in [-0.2, 0) is 11.2 Å². The van der Waals surface area contributed by atoms with Gasteiger partial charge in [0.15, 0.2) is 0 Å². The summed E-state index contributed by atoms with van der Waals surface area (Å²) in [6.45, 7) is 8.14. The van der Waals surface area contributed by atoms with Crippen LogP contribution in [0.5, 0.6) is 0 Å². The minimum Gasteiger partial charge on any atom is -0.354 e. The van der Waals surface area contributed by atoms with Crippen LogP contribution in [0, 0.1) is 0 Å². The lowest BCUT2D eigenvalue weighted by Crippen LogP contribution is -2.35. The molecule has 92 valence electrons. The molecule has 1 aliphatic rings. The molecule has 1 aromatic carbocycles. The molecule has 0 fully saturated rings. The molecular formula is C14H18ClNO. The fourth-order valence-corrected chi connectivity index (χ4v) is 2.33. The van der Waals surface area contributed by atoms with Gasteiger partial charge in [-0.25, -0.2) is 0 Å². The van der Waals surface area contributed by atoms with Crippen LogP contribution in [0.15, 0.2) is 36.5 Å². The molecule has 0 saturated carbocycles. The van der Waals surface area contributed by atoms with Crippen LogP contribution in [-0.4, -0.2) is 18.2 Å². The van der Waals surface area contributed by atoms with Crippen molar-refractivity contribution in [1.29, 1.82) is 0 Å². The molecule has 0 spiro atoms. The van der Waals surface area contributed by atoms with Crippen molar-refractivity contribution in [1.82, 2.24) is 0 Å². The van der Waals surface area contributed by atoms with Crippen molar-refractivity contribution in [2.45, 2.75) is 32.6 Å². The van der Waals surface area contributed by atoms with Crippen LogP contribution in [0.4, 0.5) is 5.69 Å². The summed E-state index contributed by atoms with van der Waals surface area (Å²) in [6.07, 6.45) is 0.922. The molecule has 3 heteroatoms. The third-order valence-electron chi connectivity index (χ3n) is 3.00. The predicted molar refractivity (Wildman–Crippen MR) is 72.5 cm³/mol. The number of nitrogens with zero attached hydrogens (tertiary/aromatic N) is 1. The van der Waals surface area contributed by atoms with Crippen LogP contribution < -0.4 is 4.90 Å². The van der Waals surface area contributed by atoms with E-state index in [-0.39, 0.29) is 12.3 Å². The predicted octanol–water partition coefficient (Wildman–Crippen LogP) is 3.55. The molecule has 0 amide bonds. The SMILES string of the molecule is C=C1Cc2ccccc2N1C(C)OC(C)CCl. The molecule has 1 aliphatic heterocycles. The molecule has 1 heterocycles. The highest BCUT2D eigenvalue weighted by Gasteiger charge is 2.27. The summed E-state index contributed by atoms with van der Waals surface area (Å²) in [5, 5.41) is 0. The van der Waals surface area contributed by atoms with E-state index in [0.29, 0.717) is 5.88 Å². The lowest BCUT2D eigenvalue weighted by atomic mass is 10.1. The number of hydrogen-bond donors (Lipinski definition) is 0. The molecule has 2 unspecified atom stereocenters. The van der Waals surface area contributed by atoms with Crippen molar-refractivity contribution in [3.8, 4) is 0 Å². The van der Waals surface area contributed by atoms with Crippen LogP contribution in [0.3, 0.4) is 0 Å². The average molecular weight is 252 g/mol. The highest BCUT2D eigenvalue weighted by atomic mass is 35.5. The van der Waals surface area contributed by atoms with Gasteiger partial charge < -0.3 is 9.64 Å². The first-order chi connectivity index (χ1) is 8.13. The van der Waals surface area contributed by atoms with E-state index < -0.39 is 0 Å². The monoisotopic (exact) mass is 251 g/mol. The van der Waals surface area contributed by atoms with Crippen molar-refractivity contribution < 1.29 is 4.74 Å². The molecule has 0 aromatic heterocycles. The van der Waals surface area contributed by atoms with Crippen molar-refractivity contribution in [3.05, 3.63) is 42.1 Å². The van der Waals surface area contributed by atoms with E-state index in [2.05, 4.69) is 29.7 Å². The normalized spacial score (nSPS) is 18.1. The van der Waals surface area contributed by atoms with E-state index in [1.54, 1.807) is 0 Å². The van der Waals surface area contributed by atoms with Gasteiger partial charge in [-0.2, -0.15) is 0 Å². The van der Waals surface area contributed by atoms with Crippen molar-refractivity contribution in [2.24, 2.45) is 0 Å². The number of hydrogen-bond acceptors (Lipinski definition) is 2. The third-order valence-corrected chi connectivity index (χ3v) is 3.43. The Kier molecular flexibility index (Phi) is 3.75. The minimum atomic E-state index is -0.0279. The standard InChI is InChI=1S/C14H18ClNO/c1-10-8-13-6-4-5-7-14(13)16(10)12(3)17-11(2)9-15/h4-7,11-12H,1,8-9H2,2-3H3. The smallest absolute Gasteiger partial charge is 0.131 e. The van der Waals surface area contributed by atoms with E-state index >= 15 is 0 Å². The fourth-order valence-electron chi connectivity index (χ4n) is 2.26. The van der Waals surface area contributed by atoms with Gasteiger partial charge in [-0.05, 0) is 25.5 Å². The van der Waals surface area contributed by atoms with Crippen LogP contribution in [0.1, 0.15) is 19.4 Å². The van der Waals surface area contributed by atoms with Gasteiger partial charge in [0.1, 0.15) is 6.23 Å². The van der Waals surface area contributed by atoms with E-state index in [1.807, 2.05) is 19.9 Å². The van der Waals surface area contributed by atoms with Gasteiger partial charge in [-0.3, -0.25) is 0 Å². The quantitative estimate of drug-likeness (QED) is 0.759. The fraction of sp³-hybridized carbons (Fsp3) is 0.429. The van der Waals surface area contributed by atoms with Crippen LogP contribution in [0.25, 0.3) is 0 Å². The largest absolute Gasteiger partial charge is 0.354 e. The second-order valence-electron chi connectivity index (χ2n) is 4.44. The summed E-state index contributed by atoms with van der Waals surface area (Å²) >= 11 is 5.77. The number of fused-ring (bicyclic) bond motifs is 1. The Morgan fingerprint density at radius 3 is 2.82 bits per heavy atom. The van der Waals surface area contributed by atoms with Crippen LogP contribution in [0.2, 0.25) is 0 Å². The Labute approximate surface area is 108 Å². The van der Waals surface area contributed by atoms with Crippen molar-refractivity contribution in [3.63, 3.8) is 0 Å². The van der Waals surface area contributed by atoms with E-state index in [0.717, 1.165) is 12.1 Å². The Bertz CT molecular complexity index is 418. The first kappa shape index (κ1) is 12.5. The number of halogens is 1. The number of rotatable bonds is 4. The summed E-state index contributed by atoms with van der Waals surface area (Å²) in [4.78, 5) is 2.15. The van der Waals surface area contributed by atoms with Gasteiger partial charge >= 0.3 is 0 Å². The van der Waals surface area contributed by atoms with Gasteiger partial charge in [0.05, 0.1) is 6.10 Å². The van der Waals surface area contributed by atoms with E-state index in [1.165, 1.54) is 11.3 Å². The molecule has 0 bridgehead atoms.